The monoisotopic (exact) mass is 386 g/mol. The summed E-state index contributed by atoms with van der Waals surface area (Å²) in [6, 6.07) is 10.7. The van der Waals surface area contributed by atoms with Crippen LogP contribution >= 0.6 is 0 Å². The van der Waals surface area contributed by atoms with E-state index in [1.54, 1.807) is 18.2 Å². The number of aryl methyl sites for hydroxylation is 1. The molecule has 25 heavy (non-hydrogen) atoms. The first kappa shape index (κ1) is 23.3. The largest absolute Gasteiger partial charge is 1.00 e. The summed E-state index contributed by atoms with van der Waals surface area (Å²) in [7, 11) is -4.45. The third-order valence-corrected chi connectivity index (χ3v) is 5.35. The molecule has 0 bridgehead atoms. The molecule has 0 unspecified atom stereocenters. The van der Waals surface area contributed by atoms with Gasteiger partial charge in [0.25, 0.3) is 0 Å². The summed E-state index contributed by atoms with van der Waals surface area (Å²) in [5, 5.41) is 1.34. The molecule has 0 radical (unpaired) electrons. The van der Waals surface area contributed by atoms with Crippen molar-refractivity contribution in [2.45, 2.75) is 69.6 Å². The Balaban J connectivity index is 0.00000312. The van der Waals surface area contributed by atoms with Crippen LogP contribution in [-0.4, -0.2) is 13.0 Å². The van der Waals surface area contributed by atoms with Gasteiger partial charge in [-0.3, -0.25) is 0 Å². The first-order chi connectivity index (χ1) is 11.5. The molecule has 0 N–H and O–H groups in total. The summed E-state index contributed by atoms with van der Waals surface area (Å²) < 4.78 is 34.6. The van der Waals surface area contributed by atoms with Crippen LogP contribution in [0.2, 0.25) is 0 Å². The van der Waals surface area contributed by atoms with Gasteiger partial charge in [-0.2, -0.15) is 0 Å². The number of benzene rings is 2. The fraction of sp³-hybridized carbons (Fsp3) is 0.500. The molecule has 3 nitrogen and oxygen atoms in total. The minimum atomic E-state index is -4.45. The fourth-order valence-corrected chi connectivity index (χ4v) is 3.90. The second-order valence-corrected chi connectivity index (χ2v) is 7.84. The minimum absolute atomic E-state index is 0. The first-order valence-electron chi connectivity index (χ1n) is 9.00. The average Bonchev–Trinajstić information content (AvgIpc) is 2.55. The van der Waals surface area contributed by atoms with E-state index >= 15 is 0 Å². The summed E-state index contributed by atoms with van der Waals surface area (Å²) in [5.74, 6) is 0. The van der Waals surface area contributed by atoms with Crippen LogP contribution in [0.4, 0.5) is 0 Å². The van der Waals surface area contributed by atoms with Gasteiger partial charge >= 0.3 is 51.4 Å². The van der Waals surface area contributed by atoms with Crippen LogP contribution in [0.3, 0.4) is 0 Å². The van der Waals surface area contributed by atoms with Gasteiger partial charge in [0, 0.05) is 0 Å². The van der Waals surface area contributed by atoms with Gasteiger partial charge in [-0.25, -0.2) is 8.42 Å². The van der Waals surface area contributed by atoms with Crippen LogP contribution in [0, 0.1) is 0 Å². The van der Waals surface area contributed by atoms with Crippen molar-refractivity contribution in [2.24, 2.45) is 0 Å². The molecule has 0 aliphatic carbocycles. The van der Waals surface area contributed by atoms with Crippen molar-refractivity contribution in [1.29, 1.82) is 0 Å². The molecule has 0 saturated heterocycles. The van der Waals surface area contributed by atoms with E-state index in [9.17, 15) is 13.0 Å². The summed E-state index contributed by atoms with van der Waals surface area (Å²) in [6.07, 6.45) is 10.7. The number of hydrogen-bond donors (Lipinski definition) is 0. The van der Waals surface area contributed by atoms with E-state index in [0.717, 1.165) is 30.2 Å². The summed E-state index contributed by atoms with van der Waals surface area (Å²) in [4.78, 5) is -0.0878. The Labute approximate surface area is 194 Å². The van der Waals surface area contributed by atoms with Crippen LogP contribution in [0.5, 0.6) is 0 Å². The predicted molar refractivity (Wildman–Crippen MR) is 98.2 cm³/mol. The van der Waals surface area contributed by atoms with Crippen molar-refractivity contribution in [3.05, 3.63) is 42.0 Å². The second kappa shape index (κ2) is 11.9. The number of hydrogen-bond acceptors (Lipinski definition) is 3. The Bertz CT molecular complexity index is 757. The molecule has 2 aromatic carbocycles. The van der Waals surface area contributed by atoms with Crippen molar-refractivity contribution in [3.8, 4) is 0 Å². The van der Waals surface area contributed by atoms with Crippen molar-refractivity contribution in [2.75, 3.05) is 0 Å². The Hall–Kier alpha value is 0.246. The van der Waals surface area contributed by atoms with Gasteiger partial charge in [-0.1, -0.05) is 82.2 Å². The molecule has 2 aromatic rings. The molecule has 0 atom stereocenters. The summed E-state index contributed by atoms with van der Waals surface area (Å²) in [6.45, 7) is 2.22. The quantitative estimate of drug-likeness (QED) is 0.358. The molecule has 2 rings (SSSR count). The van der Waals surface area contributed by atoms with Crippen molar-refractivity contribution >= 4 is 20.9 Å². The van der Waals surface area contributed by atoms with E-state index < -0.39 is 10.1 Å². The second-order valence-electron chi connectivity index (χ2n) is 6.49. The fourth-order valence-electron chi connectivity index (χ4n) is 3.15. The first-order valence-corrected chi connectivity index (χ1v) is 10.4. The number of fused-ring (bicyclic) bond motifs is 1. The van der Waals surface area contributed by atoms with Gasteiger partial charge in [0.1, 0.15) is 10.1 Å². The third kappa shape index (κ3) is 7.79. The SMILES string of the molecule is CCCCCCCCCCc1cc(S(=O)(=O)[O-])c2ccccc2c1.[K+]. The smallest absolute Gasteiger partial charge is 0.744 e. The van der Waals surface area contributed by atoms with E-state index in [1.807, 2.05) is 18.2 Å². The molecule has 0 heterocycles. The van der Waals surface area contributed by atoms with E-state index in [2.05, 4.69) is 6.92 Å². The average molecular weight is 387 g/mol. The Morgan fingerprint density at radius 1 is 0.880 bits per heavy atom. The molecule has 5 heteroatoms. The minimum Gasteiger partial charge on any atom is -0.744 e. The molecular weight excluding hydrogens is 359 g/mol. The predicted octanol–water partition coefficient (Wildman–Crippen LogP) is 2.43. The topological polar surface area (TPSA) is 57.2 Å². The van der Waals surface area contributed by atoms with Crippen LogP contribution in [0.1, 0.15) is 63.9 Å². The number of rotatable bonds is 10. The maximum absolute atomic E-state index is 11.5. The molecule has 0 aromatic heterocycles. The normalized spacial score (nSPS) is 11.4. The number of unbranched alkanes of at least 4 members (excludes halogenated alkanes) is 7. The molecule has 0 amide bonds. The van der Waals surface area contributed by atoms with E-state index in [1.165, 1.54) is 38.5 Å². The van der Waals surface area contributed by atoms with Crippen LogP contribution in [-0.2, 0) is 16.5 Å². The summed E-state index contributed by atoms with van der Waals surface area (Å²) in [5.41, 5.74) is 0.939. The third-order valence-electron chi connectivity index (χ3n) is 4.47. The molecule has 132 valence electrons. The molecule has 0 saturated carbocycles. The van der Waals surface area contributed by atoms with E-state index in [-0.39, 0.29) is 56.3 Å². The Morgan fingerprint density at radius 2 is 1.48 bits per heavy atom. The van der Waals surface area contributed by atoms with Crippen molar-refractivity contribution in [3.63, 3.8) is 0 Å². The van der Waals surface area contributed by atoms with Gasteiger partial charge in [0.15, 0.2) is 0 Å². The molecule has 0 fully saturated rings. The molecule has 0 spiro atoms. The van der Waals surface area contributed by atoms with Gasteiger partial charge in [0.2, 0.25) is 0 Å². The van der Waals surface area contributed by atoms with Crippen LogP contribution in [0.15, 0.2) is 41.3 Å². The standard InChI is InChI=1S/C20H28O3S.K/c1-2-3-4-5-6-7-8-9-12-17-15-18-13-10-11-14-19(18)20(16-17)24(21,22)23;/h10-11,13-16H,2-9,12H2,1H3,(H,21,22,23);/q;+1/p-1. The van der Waals surface area contributed by atoms with Gasteiger partial charge in [0.05, 0.1) is 4.90 Å². The zero-order chi connectivity index (χ0) is 17.4. The molecule has 0 aliphatic rings. The zero-order valence-electron chi connectivity index (χ0n) is 15.5. The van der Waals surface area contributed by atoms with E-state index in [0.29, 0.717) is 5.39 Å². The zero-order valence-corrected chi connectivity index (χ0v) is 19.4. The van der Waals surface area contributed by atoms with Gasteiger partial charge in [-0.05, 0) is 35.2 Å². The maximum Gasteiger partial charge on any atom is 1.00 e. The summed E-state index contributed by atoms with van der Waals surface area (Å²) >= 11 is 0. The van der Waals surface area contributed by atoms with Crippen molar-refractivity contribution < 1.29 is 64.4 Å². The van der Waals surface area contributed by atoms with Crippen LogP contribution in [0.25, 0.3) is 10.8 Å². The molecule has 0 aliphatic heterocycles. The Morgan fingerprint density at radius 3 is 2.12 bits per heavy atom. The van der Waals surface area contributed by atoms with Crippen LogP contribution < -0.4 is 51.4 Å². The molecular formula is C20H27KO3S. The maximum atomic E-state index is 11.5. The van der Waals surface area contributed by atoms with E-state index in [4.69, 9.17) is 0 Å². The Kier molecular flexibility index (Phi) is 11.0. The van der Waals surface area contributed by atoms with Gasteiger partial charge < -0.3 is 4.55 Å². The van der Waals surface area contributed by atoms with Gasteiger partial charge in [-0.15, -0.1) is 0 Å². The van der Waals surface area contributed by atoms with Crippen molar-refractivity contribution in [1.82, 2.24) is 0 Å².